The summed E-state index contributed by atoms with van der Waals surface area (Å²) < 4.78 is 27.5. The molecule has 2 aliphatic rings. The molecule has 1 aromatic rings. The van der Waals surface area contributed by atoms with Crippen molar-refractivity contribution in [1.82, 2.24) is 4.72 Å². The second-order valence-corrected chi connectivity index (χ2v) is 7.84. The van der Waals surface area contributed by atoms with Gasteiger partial charge >= 0.3 is 0 Å². The van der Waals surface area contributed by atoms with Crippen molar-refractivity contribution in [2.45, 2.75) is 44.4 Å². The van der Waals surface area contributed by atoms with Crippen LogP contribution in [0.3, 0.4) is 0 Å². The smallest absolute Gasteiger partial charge is 0.212 e. The van der Waals surface area contributed by atoms with Gasteiger partial charge in [-0.05, 0) is 49.1 Å². The molecule has 3 rings (SSSR count). The van der Waals surface area contributed by atoms with Gasteiger partial charge in [0.25, 0.3) is 0 Å². The number of fused-ring (bicyclic) bond motifs is 2. The van der Waals surface area contributed by atoms with Crippen LogP contribution in [0.25, 0.3) is 0 Å². The minimum absolute atomic E-state index is 0.105. The number of nitrogens with one attached hydrogen (secondary N) is 1. The first-order chi connectivity index (χ1) is 9.03. The molecule has 2 fully saturated rings. The summed E-state index contributed by atoms with van der Waals surface area (Å²) in [6.07, 6.45) is 4.75. The Hall–Kier alpha value is -0.870. The average Bonchev–Trinajstić information content (AvgIpc) is 2.93. The molecule has 0 saturated heterocycles. The molecule has 3 atom stereocenters. The van der Waals surface area contributed by atoms with Crippen LogP contribution in [-0.4, -0.2) is 14.5 Å². The van der Waals surface area contributed by atoms with Crippen molar-refractivity contribution in [3.63, 3.8) is 0 Å². The van der Waals surface area contributed by atoms with Gasteiger partial charge in [0.05, 0.1) is 5.75 Å². The molecular weight excluding hydrogens is 258 g/mol. The van der Waals surface area contributed by atoms with E-state index in [1.54, 1.807) is 0 Å². The number of hydrogen-bond acceptors (Lipinski definition) is 2. The van der Waals surface area contributed by atoms with Gasteiger partial charge in [0, 0.05) is 6.04 Å². The quantitative estimate of drug-likeness (QED) is 0.921. The van der Waals surface area contributed by atoms with Crippen LogP contribution in [0.5, 0.6) is 0 Å². The van der Waals surface area contributed by atoms with Crippen LogP contribution in [0, 0.1) is 18.8 Å². The Morgan fingerprint density at radius 1 is 1.21 bits per heavy atom. The van der Waals surface area contributed by atoms with Crippen molar-refractivity contribution in [3.8, 4) is 0 Å². The number of sulfonamides is 1. The van der Waals surface area contributed by atoms with Crippen LogP contribution < -0.4 is 4.72 Å². The highest BCUT2D eigenvalue weighted by atomic mass is 32.2. The van der Waals surface area contributed by atoms with Gasteiger partial charge in [0.2, 0.25) is 10.0 Å². The van der Waals surface area contributed by atoms with Gasteiger partial charge in [0.15, 0.2) is 0 Å². The monoisotopic (exact) mass is 279 g/mol. The molecule has 4 heteroatoms. The van der Waals surface area contributed by atoms with Crippen LogP contribution in [0.4, 0.5) is 0 Å². The van der Waals surface area contributed by atoms with E-state index in [1.807, 2.05) is 31.2 Å². The number of rotatable bonds is 4. The van der Waals surface area contributed by atoms with E-state index < -0.39 is 10.0 Å². The zero-order chi connectivity index (χ0) is 13.5. The largest absolute Gasteiger partial charge is 0.216 e. The van der Waals surface area contributed by atoms with Crippen molar-refractivity contribution in [1.29, 1.82) is 0 Å². The molecule has 0 spiro atoms. The summed E-state index contributed by atoms with van der Waals surface area (Å²) in [4.78, 5) is 0. The maximum Gasteiger partial charge on any atom is 0.216 e. The fourth-order valence-corrected chi connectivity index (χ4v) is 5.20. The Kier molecular flexibility index (Phi) is 3.39. The lowest BCUT2D eigenvalue weighted by atomic mass is 9.96. The summed E-state index contributed by atoms with van der Waals surface area (Å²) in [5.41, 5.74) is 1.94. The molecular formula is C15H21NO2S. The SMILES string of the molecule is Cc1ccccc1CS(=O)(=O)N[C@H]1C[C@H]2CC[C@@H]1C2. The highest BCUT2D eigenvalue weighted by Gasteiger charge is 2.41. The standard InChI is InChI=1S/C15H21NO2S/c1-11-4-2-3-5-14(11)10-19(17,18)16-15-9-12-6-7-13(15)8-12/h2-5,12-13,15-16H,6-10H2,1H3/t12-,13+,15-/m0/s1. The lowest BCUT2D eigenvalue weighted by Crippen LogP contribution is -2.39. The Labute approximate surface area is 115 Å². The molecule has 104 valence electrons. The van der Waals surface area contributed by atoms with Gasteiger partial charge in [-0.15, -0.1) is 0 Å². The zero-order valence-electron chi connectivity index (χ0n) is 11.3. The lowest BCUT2D eigenvalue weighted by molar-refractivity contribution is 0.390. The predicted molar refractivity (Wildman–Crippen MR) is 76.2 cm³/mol. The minimum atomic E-state index is -3.21. The molecule has 2 aliphatic carbocycles. The van der Waals surface area contributed by atoms with E-state index in [4.69, 9.17) is 0 Å². The molecule has 0 amide bonds. The summed E-state index contributed by atoms with van der Waals surface area (Å²) in [6, 6.07) is 7.88. The first-order valence-electron chi connectivity index (χ1n) is 7.08. The third-order valence-electron chi connectivity index (χ3n) is 4.68. The lowest BCUT2D eigenvalue weighted by Gasteiger charge is -2.22. The molecule has 2 bridgehead atoms. The van der Waals surface area contributed by atoms with Crippen molar-refractivity contribution in [2.24, 2.45) is 11.8 Å². The van der Waals surface area contributed by atoms with E-state index in [0.29, 0.717) is 5.92 Å². The Bertz CT molecular complexity index is 567. The van der Waals surface area contributed by atoms with E-state index in [-0.39, 0.29) is 11.8 Å². The van der Waals surface area contributed by atoms with E-state index in [1.165, 1.54) is 19.3 Å². The van der Waals surface area contributed by atoms with Crippen LogP contribution in [0.2, 0.25) is 0 Å². The summed E-state index contributed by atoms with van der Waals surface area (Å²) >= 11 is 0. The molecule has 0 unspecified atom stereocenters. The van der Waals surface area contributed by atoms with Crippen molar-refractivity contribution in [3.05, 3.63) is 35.4 Å². The van der Waals surface area contributed by atoms with E-state index in [0.717, 1.165) is 23.5 Å². The Morgan fingerprint density at radius 2 is 2.00 bits per heavy atom. The van der Waals surface area contributed by atoms with Crippen molar-refractivity contribution < 1.29 is 8.42 Å². The first-order valence-corrected chi connectivity index (χ1v) is 8.73. The van der Waals surface area contributed by atoms with Gasteiger partial charge in [-0.1, -0.05) is 30.7 Å². The Morgan fingerprint density at radius 3 is 2.63 bits per heavy atom. The predicted octanol–water partition coefficient (Wildman–Crippen LogP) is 2.60. The summed E-state index contributed by atoms with van der Waals surface area (Å²) in [6.45, 7) is 1.96. The molecule has 1 aromatic carbocycles. The van der Waals surface area contributed by atoms with E-state index in [9.17, 15) is 8.42 Å². The summed E-state index contributed by atoms with van der Waals surface area (Å²) in [7, 11) is -3.21. The number of hydrogen-bond donors (Lipinski definition) is 1. The first kappa shape index (κ1) is 13.1. The third-order valence-corrected chi connectivity index (χ3v) is 6.03. The van der Waals surface area contributed by atoms with Gasteiger partial charge in [0.1, 0.15) is 0 Å². The third kappa shape index (κ3) is 2.84. The van der Waals surface area contributed by atoms with Gasteiger partial charge in [-0.3, -0.25) is 0 Å². The van der Waals surface area contributed by atoms with Crippen LogP contribution >= 0.6 is 0 Å². The maximum absolute atomic E-state index is 12.3. The highest BCUT2D eigenvalue weighted by molar-refractivity contribution is 7.88. The van der Waals surface area contributed by atoms with Gasteiger partial charge < -0.3 is 0 Å². The molecule has 2 saturated carbocycles. The molecule has 19 heavy (non-hydrogen) atoms. The fraction of sp³-hybridized carbons (Fsp3) is 0.600. The summed E-state index contributed by atoms with van der Waals surface area (Å²) in [5, 5.41) is 0. The highest BCUT2D eigenvalue weighted by Crippen LogP contribution is 2.44. The van der Waals surface area contributed by atoms with Crippen LogP contribution in [0.1, 0.15) is 36.8 Å². The molecule has 0 aromatic heterocycles. The molecule has 0 heterocycles. The topological polar surface area (TPSA) is 46.2 Å². The van der Waals surface area contributed by atoms with Crippen LogP contribution in [0.15, 0.2) is 24.3 Å². The molecule has 1 N–H and O–H groups in total. The number of aryl methyl sites for hydroxylation is 1. The molecule has 0 aliphatic heterocycles. The molecule has 0 radical (unpaired) electrons. The van der Waals surface area contributed by atoms with E-state index >= 15 is 0 Å². The molecule has 3 nitrogen and oxygen atoms in total. The maximum atomic E-state index is 12.3. The van der Waals surface area contributed by atoms with Crippen molar-refractivity contribution in [2.75, 3.05) is 0 Å². The van der Waals surface area contributed by atoms with Crippen molar-refractivity contribution >= 4 is 10.0 Å². The Balaban J connectivity index is 1.68. The second kappa shape index (κ2) is 4.91. The van der Waals surface area contributed by atoms with Crippen LogP contribution in [-0.2, 0) is 15.8 Å². The van der Waals surface area contributed by atoms with Gasteiger partial charge in [-0.2, -0.15) is 0 Å². The second-order valence-electron chi connectivity index (χ2n) is 6.08. The van der Waals surface area contributed by atoms with Gasteiger partial charge in [-0.25, -0.2) is 13.1 Å². The summed E-state index contributed by atoms with van der Waals surface area (Å²) in [5.74, 6) is 1.45. The normalized spacial score (nSPS) is 29.8. The van der Waals surface area contributed by atoms with E-state index in [2.05, 4.69) is 4.72 Å². The average molecular weight is 279 g/mol. The minimum Gasteiger partial charge on any atom is -0.212 e. The number of benzene rings is 1. The fourth-order valence-electron chi connectivity index (χ4n) is 3.64. The zero-order valence-corrected chi connectivity index (χ0v) is 12.1.